The quantitative estimate of drug-likeness (QED) is 0.929. The van der Waals surface area contributed by atoms with Crippen LogP contribution in [0.2, 0.25) is 0 Å². The molecule has 2 rings (SSSR count). The van der Waals surface area contributed by atoms with E-state index in [9.17, 15) is 4.79 Å². The minimum atomic E-state index is -0.619. The van der Waals surface area contributed by atoms with Crippen LogP contribution in [0.3, 0.4) is 0 Å². The molecular weight excluding hydrogens is 256 g/mol. The highest BCUT2D eigenvalue weighted by Crippen LogP contribution is 2.13. The fraction of sp³-hybridized carbons (Fsp3) is 0.214. The molecule has 0 spiro atoms. The molecule has 1 aromatic heterocycles. The largest absolute Gasteiger partial charge is 0.419 e. The van der Waals surface area contributed by atoms with E-state index in [-0.39, 0.29) is 5.95 Å². The Morgan fingerprint density at radius 1 is 1.20 bits per heavy atom. The third-order valence-electron chi connectivity index (χ3n) is 2.47. The van der Waals surface area contributed by atoms with Crippen LogP contribution in [0.4, 0.5) is 16.6 Å². The maximum absolute atomic E-state index is 11.7. The minimum Gasteiger partial charge on any atom is -0.410 e. The second kappa shape index (κ2) is 6.01. The Morgan fingerprint density at radius 3 is 2.55 bits per heavy atom. The lowest BCUT2D eigenvalue weighted by molar-refractivity contribution is 0.215. The molecular formula is C14H16N4O2. The molecule has 1 aromatic carbocycles. The van der Waals surface area contributed by atoms with Gasteiger partial charge in [-0.1, -0.05) is 18.2 Å². The lowest BCUT2D eigenvalue weighted by Crippen LogP contribution is -2.20. The van der Waals surface area contributed by atoms with Gasteiger partial charge in [-0.05, 0) is 19.1 Å². The van der Waals surface area contributed by atoms with Crippen LogP contribution < -0.4 is 15.0 Å². The van der Waals surface area contributed by atoms with Gasteiger partial charge >= 0.3 is 6.09 Å². The molecule has 1 N–H and O–H groups in total. The summed E-state index contributed by atoms with van der Waals surface area (Å²) < 4.78 is 5.11. The molecule has 20 heavy (non-hydrogen) atoms. The van der Waals surface area contributed by atoms with E-state index in [4.69, 9.17) is 4.74 Å². The first-order valence-corrected chi connectivity index (χ1v) is 6.11. The van der Waals surface area contributed by atoms with Crippen molar-refractivity contribution in [2.24, 2.45) is 0 Å². The zero-order valence-corrected chi connectivity index (χ0v) is 11.6. The van der Waals surface area contributed by atoms with Gasteiger partial charge in [-0.3, -0.25) is 5.32 Å². The number of aromatic nitrogens is 2. The molecule has 0 saturated carbocycles. The summed E-state index contributed by atoms with van der Waals surface area (Å²) in [6.07, 6.45) is -0.619. The van der Waals surface area contributed by atoms with Gasteiger partial charge in [-0.2, -0.15) is 4.98 Å². The van der Waals surface area contributed by atoms with Crippen molar-refractivity contribution >= 4 is 17.9 Å². The highest BCUT2D eigenvalue weighted by molar-refractivity contribution is 5.84. The number of benzene rings is 1. The summed E-state index contributed by atoms with van der Waals surface area (Å²) in [5, 5.41) is 2.52. The predicted octanol–water partition coefficient (Wildman–Crippen LogP) is 2.46. The van der Waals surface area contributed by atoms with Crippen LogP contribution in [0.25, 0.3) is 0 Å². The highest BCUT2D eigenvalue weighted by Gasteiger charge is 2.09. The number of hydrogen-bond donors (Lipinski definition) is 1. The number of amides is 1. The smallest absolute Gasteiger partial charge is 0.410 e. The molecule has 1 amide bonds. The number of carbonyl (C=O) groups excluding carboxylic acids is 1. The fourth-order valence-electron chi connectivity index (χ4n) is 1.55. The molecule has 6 nitrogen and oxygen atoms in total. The number of nitrogens with one attached hydrogen (secondary N) is 1. The van der Waals surface area contributed by atoms with Gasteiger partial charge in [-0.15, -0.1) is 0 Å². The topological polar surface area (TPSA) is 67.4 Å². The second-order valence-corrected chi connectivity index (χ2v) is 4.41. The van der Waals surface area contributed by atoms with E-state index < -0.39 is 6.09 Å². The Balaban J connectivity index is 2.08. The maximum Gasteiger partial charge on any atom is 0.419 e. The van der Waals surface area contributed by atoms with Gasteiger partial charge in [0.05, 0.1) is 0 Å². The Morgan fingerprint density at radius 2 is 1.90 bits per heavy atom. The van der Waals surface area contributed by atoms with Crippen LogP contribution >= 0.6 is 0 Å². The summed E-state index contributed by atoms with van der Waals surface area (Å²) in [5.74, 6) is 1.40. The van der Waals surface area contributed by atoms with Crippen LogP contribution in [-0.2, 0) is 0 Å². The lowest BCUT2D eigenvalue weighted by Gasteiger charge is -2.13. The third kappa shape index (κ3) is 3.68. The van der Waals surface area contributed by atoms with E-state index in [1.54, 1.807) is 24.3 Å². The molecule has 0 atom stereocenters. The van der Waals surface area contributed by atoms with E-state index in [0.29, 0.717) is 11.6 Å². The SMILES string of the molecule is Cc1cc(N(C)C)nc(NC(=O)Oc2ccccc2)n1. The number of aryl methyl sites for hydroxylation is 1. The van der Waals surface area contributed by atoms with Crippen molar-refractivity contribution in [3.05, 3.63) is 42.1 Å². The summed E-state index contributed by atoms with van der Waals surface area (Å²) in [6, 6.07) is 10.6. The van der Waals surface area contributed by atoms with Crippen molar-refractivity contribution in [1.29, 1.82) is 0 Å². The van der Waals surface area contributed by atoms with Crippen molar-refractivity contribution in [3.63, 3.8) is 0 Å². The number of rotatable bonds is 3. The normalized spacial score (nSPS) is 9.95. The number of hydrogen-bond acceptors (Lipinski definition) is 5. The summed E-state index contributed by atoms with van der Waals surface area (Å²) >= 11 is 0. The first kappa shape index (κ1) is 13.8. The zero-order chi connectivity index (χ0) is 14.5. The van der Waals surface area contributed by atoms with Gasteiger partial charge in [0.2, 0.25) is 5.95 Å². The maximum atomic E-state index is 11.7. The Kier molecular flexibility index (Phi) is 4.14. The highest BCUT2D eigenvalue weighted by atomic mass is 16.6. The number of para-hydroxylation sites is 1. The van der Waals surface area contributed by atoms with Crippen LogP contribution in [0.5, 0.6) is 5.75 Å². The first-order valence-electron chi connectivity index (χ1n) is 6.11. The molecule has 0 aliphatic carbocycles. The van der Waals surface area contributed by atoms with Crippen molar-refractivity contribution < 1.29 is 9.53 Å². The molecule has 2 aromatic rings. The van der Waals surface area contributed by atoms with Crippen molar-refractivity contribution in [1.82, 2.24) is 9.97 Å². The van der Waals surface area contributed by atoms with Gasteiger partial charge < -0.3 is 9.64 Å². The molecule has 0 fully saturated rings. The van der Waals surface area contributed by atoms with E-state index in [1.807, 2.05) is 38.1 Å². The van der Waals surface area contributed by atoms with Gasteiger partial charge in [-0.25, -0.2) is 9.78 Å². The molecule has 6 heteroatoms. The summed E-state index contributed by atoms with van der Waals surface area (Å²) in [6.45, 7) is 1.84. The first-order chi connectivity index (χ1) is 9.54. The molecule has 104 valence electrons. The second-order valence-electron chi connectivity index (χ2n) is 4.41. The third-order valence-corrected chi connectivity index (χ3v) is 2.47. The lowest BCUT2D eigenvalue weighted by atomic mass is 10.3. The summed E-state index contributed by atoms with van der Waals surface area (Å²) in [4.78, 5) is 21.9. The van der Waals surface area contributed by atoms with E-state index in [0.717, 1.165) is 5.69 Å². The van der Waals surface area contributed by atoms with Gasteiger partial charge in [0.1, 0.15) is 11.6 Å². The van der Waals surface area contributed by atoms with Gasteiger partial charge in [0.25, 0.3) is 0 Å². The van der Waals surface area contributed by atoms with E-state index in [1.165, 1.54) is 0 Å². The Hall–Kier alpha value is -2.63. The van der Waals surface area contributed by atoms with Crippen LogP contribution in [0.1, 0.15) is 5.69 Å². The number of carbonyl (C=O) groups is 1. The molecule has 0 unspecified atom stereocenters. The molecule has 0 radical (unpaired) electrons. The minimum absolute atomic E-state index is 0.217. The zero-order valence-electron chi connectivity index (χ0n) is 11.6. The summed E-state index contributed by atoms with van der Waals surface area (Å²) in [5.41, 5.74) is 0.763. The molecule has 0 saturated heterocycles. The predicted molar refractivity (Wildman–Crippen MR) is 77.2 cm³/mol. The van der Waals surface area contributed by atoms with Crippen molar-refractivity contribution in [2.45, 2.75) is 6.92 Å². The molecule has 0 aliphatic rings. The Labute approximate surface area is 117 Å². The van der Waals surface area contributed by atoms with Crippen molar-refractivity contribution in [2.75, 3.05) is 24.3 Å². The van der Waals surface area contributed by atoms with Crippen LogP contribution in [0, 0.1) is 6.92 Å². The van der Waals surface area contributed by atoms with E-state index in [2.05, 4.69) is 15.3 Å². The molecule has 0 bridgehead atoms. The average molecular weight is 272 g/mol. The van der Waals surface area contributed by atoms with Gasteiger partial charge in [0, 0.05) is 25.9 Å². The van der Waals surface area contributed by atoms with Gasteiger partial charge in [0.15, 0.2) is 0 Å². The summed E-state index contributed by atoms with van der Waals surface area (Å²) in [7, 11) is 3.74. The van der Waals surface area contributed by atoms with Crippen LogP contribution in [0.15, 0.2) is 36.4 Å². The molecule has 1 heterocycles. The Bertz CT molecular complexity index is 599. The van der Waals surface area contributed by atoms with E-state index >= 15 is 0 Å². The standard InChI is InChI=1S/C14H16N4O2/c1-10-9-12(18(2)3)16-13(15-10)17-14(19)20-11-7-5-4-6-8-11/h4-9H,1-3H3,(H,15,16,17,19). The number of anilines is 2. The number of nitrogens with zero attached hydrogens (tertiary/aromatic N) is 3. The fourth-order valence-corrected chi connectivity index (χ4v) is 1.55. The monoisotopic (exact) mass is 272 g/mol. The molecule has 0 aliphatic heterocycles. The average Bonchev–Trinajstić information content (AvgIpc) is 2.38. The number of ether oxygens (including phenoxy) is 1. The van der Waals surface area contributed by atoms with Crippen LogP contribution in [-0.4, -0.2) is 30.2 Å². The van der Waals surface area contributed by atoms with Crippen molar-refractivity contribution in [3.8, 4) is 5.75 Å².